The molecule has 0 aliphatic carbocycles. The van der Waals surface area contributed by atoms with E-state index >= 15 is 0 Å². The number of amides is 1. The molecule has 1 heterocycles. The molecule has 0 radical (unpaired) electrons. The fraction of sp³-hybridized carbons (Fsp3) is 0.562. The summed E-state index contributed by atoms with van der Waals surface area (Å²) in [6.07, 6.45) is 1.06. The Morgan fingerprint density at radius 2 is 2.00 bits per heavy atom. The lowest BCUT2D eigenvalue weighted by molar-refractivity contribution is 0.0559. The monoisotopic (exact) mass is 309 g/mol. The third kappa shape index (κ3) is 3.88. The summed E-state index contributed by atoms with van der Waals surface area (Å²) in [5.74, 6) is -0.528. The number of rotatable bonds is 2. The number of hydrogen-bond donors (Lipinski definition) is 2. The lowest BCUT2D eigenvalue weighted by Gasteiger charge is -2.36. The van der Waals surface area contributed by atoms with Gasteiger partial charge in [-0.15, -0.1) is 0 Å². The van der Waals surface area contributed by atoms with Crippen molar-refractivity contribution in [2.45, 2.75) is 45.3 Å². The van der Waals surface area contributed by atoms with E-state index in [1.54, 1.807) is 32.9 Å². The van der Waals surface area contributed by atoms with Crippen LogP contribution in [0.5, 0.6) is 0 Å². The zero-order valence-corrected chi connectivity index (χ0v) is 13.4. The molecule has 5 nitrogen and oxygen atoms in total. The molecule has 22 heavy (non-hydrogen) atoms. The van der Waals surface area contributed by atoms with Crippen LogP contribution in [-0.4, -0.2) is 30.8 Å². The van der Waals surface area contributed by atoms with E-state index in [4.69, 9.17) is 10.5 Å². The molecule has 1 aliphatic rings. The van der Waals surface area contributed by atoms with Gasteiger partial charge in [0.2, 0.25) is 0 Å². The number of nitrogen functional groups attached to an aromatic ring is 1. The van der Waals surface area contributed by atoms with E-state index in [-0.39, 0.29) is 11.7 Å². The van der Waals surface area contributed by atoms with Crippen LogP contribution in [0.3, 0.4) is 0 Å². The van der Waals surface area contributed by atoms with Gasteiger partial charge in [-0.05, 0) is 58.8 Å². The number of halogens is 1. The van der Waals surface area contributed by atoms with Crippen molar-refractivity contribution >= 4 is 17.5 Å². The molecule has 0 bridgehead atoms. The van der Waals surface area contributed by atoms with Crippen LogP contribution < -0.4 is 16.0 Å². The fourth-order valence-electron chi connectivity index (χ4n) is 2.56. The summed E-state index contributed by atoms with van der Waals surface area (Å²) < 4.78 is 19.3. The molecule has 0 unspecified atom stereocenters. The maximum Gasteiger partial charge on any atom is 0.415 e. The van der Waals surface area contributed by atoms with Gasteiger partial charge in [-0.3, -0.25) is 4.90 Å². The largest absolute Gasteiger partial charge is 0.443 e. The Kier molecular flexibility index (Phi) is 4.90. The Morgan fingerprint density at radius 3 is 2.59 bits per heavy atom. The first-order chi connectivity index (χ1) is 10.3. The Bertz CT molecular complexity index is 537. The highest BCUT2D eigenvalue weighted by Crippen LogP contribution is 2.31. The van der Waals surface area contributed by atoms with Crippen LogP contribution in [0.1, 0.15) is 33.6 Å². The number of para-hydroxylation sites is 1. The summed E-state index contributed by atoms with van der Waals surface area (Å²) in [4.78, 5) is 14.1. The van der Waals surface area contributed by atoms with Gasteiger partial charge in [0.15, 0.2) is 0 Å². The van der Waals surface area contributed by atoms with Crippen molar-refractivity contribution < 1.29 is 13.9 Å². The van der Waals surface area contributed by atoms with Gasteiger partial charge in [-0.25, -0.2) is 9.18 Å². The molecule has 122 valence electrons. The van der Waals surface area contributed by atoms with E-state index in [1.807, 2.05) is 0 Å². The average molecular weight is 309 g/mol. The second-order valence-corrected chi connectivity index (χ2v) is 6.50. The third-order valence-electron chi connectivity index (χ3n) is 3.55. The zero-order valence-electron chi connectivity index (χ0n) is 13.4. The number of ether oxygens (including phenoxy) is 1. The number of anilines is 2. The predicted octanol–water partition coefficient (Wildman–Crippen LogP) is 2.90. The first-order valence-electron chi connectivity index (χ1n) is 7.56. The number of nitrogens with two attached hydrogens (primary N) is 1. The first-order valence-corrected chi connectivity index (χ1v) is 7.56. The molecule has 0 atom stereocenters. The van der Waals surface area contributed by atoms with E-state index in [9.17, 15) is 9.18 Å². The first kappa shape index (κ1) is 16.5. The predicted molar refractivity (Wildman–Crippen MR) is 85.4 cm³/mol. The SMILES string of the molecule is CC(C)(C)OC(=O)N(c1cccc(F)c1N)C1CCNCC1. The highest BCUT2D eigenvalue weighted by atomic mass is 19.1. The van der Waals surface area contributed by atoms with Crippen molar-refractivity contribution in [1.82, 2.24) is 5.32 Å². The Hall–Kier alpha value is -1.82. The molecular weight excluding hydrogens is 285 g/mol. The number of carbonyl (C=O) groups is 1. The normalized spacial score (nSPS) is 16.4. The number of nitrogens with zero attached hydrogens (tertiary/aromatic N) is 1. The maximum atomic E-state index is 13.8. The minimum Gasteiger partial charge on any atom is -0.443 e. The molecule has 0 saturated carbocycles. The summed E-state index contributed by atoms with van der Waals surface area (Å²) >= 11 is 0. The molecule has 1 aromatic carbocycles. The molecule has 1 saturated heterocycles. The van der Waals surface area contributed by atoms with Crippen molar-refractivity contribution in [3.8, 4) is 0 Å². The zero-order chi connectivity index (χ0) is 16.3. The highest BCUT2D eigenvalue weighted by molar-refractivity contribution is 5.92. The lowest BCUT2D eigenvalue weighted by atomic mass is 10.0. The summed E-state index contributed by atoms with van der Waals surface area (Å²) in [5, 5.41) is 3.25. The minimum absolute atomic E-state index is 0.0214. The summed E-state index contributed by atoms with van der Waals surface area (Å²) in [6.45, 7) is 7.03. The van der Waals surface area contributed by atoms with Crippen molar-refractivity contribution in [1.29, 1.82) is 0 Å². The van der Waals surface area contributed by atoms with Crippen LogP contribution in [0.25, 0.3) is 0 Å². The molecule has 0 spiro atoms. The van der Waals surface area contributed by atoms with Gasteiger partial charge < -0.3 is 15.8 Å². The standard InChI is InChI=1S/C16H24FN3O2/c1-16(2,3)22-15(21)20(11-7-9-19-10-8-11)13-6-4-5-12(17)14(13)18/h4-6,11,19H,7-10,18H2,1-3H3. The summed E-state index contributed by atoms with van der Waals surface area (Å²) in [7, 11) is 0. The fourth-order valence-corrected chi connectivity index (χ4v) is 2.56. The van der Waals surface area contributed by atoms with Crippen LogP contribution in [0.2, 0.25) is 0 Å². The molecule has 1 fully saturated rings. The van der Waals surface area contributed by atoms with E-state index in [0.29, 0.717) is 5.69 Å². The number of nitrogens with one attached hydrogen (secondary N) is 1. The van der Waals surface area contributed by atoms with Crippen LogP contribution >= 0.6 is 0 Å². The molecule has 1 amide bonds. The molecule has 1 aliphatic heterocycles. The summed E-state index contributed by atoms with van der Waals surface area (Å²) in [5.41, 5.74) is 5.59. The van der Waals surface area contributed by atoms with Gasteiger partial charge in [0.05, 0.1) is 11.4 Å². The molecule has 3 N–H and O–H groups in total. The molecule has 2 rings (SSSR count). The van der Waals surface area contributed by atoms with Crippen LogP contribution in [0, 0.1) is 5.82 Å². The van der Waals surface area contributed by atoms with Gasteiger partial charge in [-0.2, -0.15) is 0 Å². The quantitative estimate of drug-likeness (QED) is 0.824. The van der Waals surface area contributed by atoms with E-state index in [2.05, 4.69) is 5.32 Å². The number of piperidine rings is 1. The van der Waals surface area contributed by atoms with Crippen LogP contribution in [0.4, 0.5) is 20.6 Å². The average Bonchev–Trinajstić information content (AvgIpc) is 2.43. The Morgan fingerprint density at radius 1 is 1.36 bits per heavy atom. The number of carbonyl (C=O) groups excluding carboxylic acids is 1. The lowest BCUT2D eigenvalue weighted by Crippen LogP contribution is -2.48. The highest BCUT2D eigenvalue weighted by Gasteiger charge is 2.32. The van der Waals surface area contributed by atoms with Crippen molar-refractivity contribution in [3.05, 3.63) is 24.0 Å². The van der Waals surface area contributed by atoms with Gasteiger partial charge >= 0.3 is 6.09 Å². The number of benzene rings is 1. The van der Waals surface area contributed by atoms with Gasteiger partial charge in [-0.1, -0.05) is 6.07 Å². The van der Waals surface area contributed by atoms with Crippen molar-refractivity contribution in [3.63, 3.8) is 0 Å². The Labute approximate surface area is 130 Å². The Balaban J connectivity index is 2.36. The smallest absolute Gasteiger partial charge is 0.415 e. The van der Waals surface area contributed by atoms with Crippen LogP contribution in [0.15, 0.2) is 18.2 Å². The second-order valence-electron chi connectivity index (χ2n) is 6.50. The van der Waals surface area contributed by atoms with Crippen LogP contribution in [-0.2, 0) is 4.74 Å². The third-order valence-corrected chi connectivity index (χ3v) is 3.55. The van der Waals surface area contributed by atoms with E-state index in [0.717, 1.165) is 25.9 Å². The molecular formula is C16H24FN3O2. The molecule has 6 heteroatoms. The van der Waals surface area contributed by atoms with Gasteiger partial charge in [0.25, 0.3) is 0 Å². The minimum atomic E-state index is -0.621. The second kappa shape index (κ2) is 6.52. The topological polar surface area (TPSA) is 67.6 Å². The van der Waals surface area contributed by atoms with Gasteiger partial charge in [0.1, 0.15) is 11.4 Å². The number of hydrogen-bond acceptors (Lipinski definition) is 4. The van der Waals surface area contributed by atoms with Gasteiger partial charge in [0, 0.05) is 6.04 Å². The molecule has 0 aromatic heterocycles. The summed E-state index contributed by atoms with van der Waals surface area (Å²) in [6, 6.07) is 4.44. The van der Waals surface area contributed by atoms with E-state index < -0.39 is 17.5 Å². The van der Waals surface area contributed by atoms with E-state index in [1.165, 1.54) is 11.0 Å². The van der Waals surface area contributed by atoms with Crippen molar-refractivity contribution in [2.75, 3.05) is 23.7 Å². The van der Waals surface area contributed by atoms with Crippen molar-refractivity contribution in [2.24, 2.45) is 0 Å². The maximum absolute atomic E-state index is 13.8. The molecule has 1 aromatic rings.